The first-order chi connectivity index (χ1) is 9.51. The monoisotopic (exact) mass is 352 g/mol. The summed E-state index contributed by atoms with van der Waals surface area (Å²) in [4.78, 5) is 6.00. The van der Waals surface area contributed by atoms with Crippen LogP contribution in [0.2, 0.25) is 0 Å². The summed E-state index contributed by atoms with van der Waals surface area (Å²) in [5.74, 6) is 0. The molecule has 0 aliphatic carbocycles. The molecule has 1 atom stereocenters. The zero-order valence-corrected chi connectivity index (χ0v) is 14.9. The molecule has 2 aromatic rings. The summed E-state index contributed by atoms with van der Waals surface area (Å²) >= 11 is 5.35. The zero-order valence-electron chi connectivity index (χ0n) is 12.5. The van der Waals surface area contributed by atoms with E-state index in [1.165, 1.54) is 21.0 Å². The van der Waals surface area contributed by atoms with E-state index in [9.17, 15) is 0 Å². The van der Waals surface area contributed by atoms with Gasteiger partial charge in [-0.1, -0.05) is 28.9 Å². The highest BCUT2D eigenvalue weighted by Crippen LogP contribution is 2.27. The third-order valence-corrected chi connectivity index (χ3v) is 5.10. The predicted octanol–water partition coefficient (Wildman–Crippen LogP) is 4.72. The first-order valence-corrected chi connectivity index (χ1v) is 8.54. The van der Waals surface area contributed by atoms with Crippen LogP contribution >= 0.6 is 27.3 Å². The van der Waals surface area contributed by atoms with Gasteiger partial charge in [-0.25, -0.2) is 4.98 Å². The number of benzene rings is 1. The smallest absolute Gasteiger partial charge is 0.0949 e. The Bertz CT molecular complexity index is 573. The Hall–Kier alpha value is -0.710. The maximum Gasteiger partial charge on any atom is 0.0949 e. The molecule has 0 radical (unpaired) electrons. The molecule has 4 heteroatoms. The van der Waals surface area contributed by atoms with Gasteiger partial charge in [-0.2, -0.15) is 0 Å². The fraction of sp³-hybridized carbons (Fsp3) is 0.438. The van der Waals surface area contributed by atoms with Gasteiger partial charge in [-0.05, 0) is 50.6 Å². The van der Waals surface area contributed by atoms with Crippen molar-refractivity contribution in [3.05, 3.63) is 49.4 Å². The largest absolute Gasteiger partial charge is 0.310 e. The molecule has 108 valence electrons. The van der Waals surface area contributed by atoms with E-state index < -0.39 is 0 Å². The predicted molar refractivity (Wildman–Crippen MR) is 90.6 cm³/mol. The van der Waals surface area contributed by atoms with Gasteiger partial charge in [0.2, 0.25) is 0 Å². The SMILES string of the molecule is CCNC(Cc1nc(C)c(C)s1)c1ccc(Br)cc1C. The second kappa shape index (κ2) is 6.83. The Kier molecular flexibility index (Phi) is 5.35. The number of aryl methyl sites for hydroxylation is 3. The molecule has 1 heterocycles. The lowest BCUT2D eigenvalue weighted by molar-refractivity contribution is 0.546. The fourth-order valence-corrected chi connectivity index (χ4v) is 3.82. The normalized spacial score (nSPS) is 12.7. The Balaban J connectivity index is 2.26. The van der Waals surface area contributed by atoms with Crippen LogP contribution in [0, 0.1) is 20.8 Å². The Morgan fingerprint density at radius 2 is 2.05 bits per heavy atom. The lowest BCUT2D eigenvalue weighted by Crippen LogP contribution is -2.23. The van der Waals surface area contributed by atoms with Gasteiger partial charge in [0, 0.05) is 21.8 Å². The molecule has 1 N–H and O–H groups in total. The summed E-state index contributed by atoms with van der Waals surface area (Å²) in [6.45, 7) is 9.51. The van der Waals surface area contributed by atoms with E-state index in [0.29, 0.717) is 6.04 Å². The Labute approximate surface area is 133 Å². The minimum atomic E-state index is 0.332. The van der Waals surface area contributed by atoms with E-state index in [0.717, 1.165) is 23.1 Å². The highest BCUT2D eigenvalue weighted by Gasteiger charge is 2.16. The van der Waals surface area contributed by atoms with Gasteiger partial charge in [-0.15, -0.1) is 11.3 Å². The number of aromatic nitrogens is 1. The number of hydrogen-bond acceptors (Lipinski definition) is 3. The lowest BCUT2D eigenvalue weighted by atomic mass is 9.99. The summed E-state index contributed by atoms with van der Waals surface area (Å²) in [5, 5.41) is 4.80. The van der Waals surface area contributed by atoms with Crippen LogP contribution < -0.4 is 5.32 Å². The van der Waals surface area contributed by atoms with Gasteiger partial charge >= 0.3 is 0 Å². The Morgan fingerprint density at radius 1 is 1.30 bits per heavy atom. The van der Waals surface area contributed by atoms with E-state index in [2.05, 4.69) is 72.1 Å². The molecule has 0 spiro atoms. The topological polar surface area (TPSA) is 24.9 Å². The van der Waals surface area contributed by atoms with Crippen molar-refractivity contribution in [3.63, 3.8) is 0 Å². The quantitative estimate of drug-likeness (QED) is 0.841. The van der Waals surface area contributed by atoms with Crippen molar-refractivity contribution in [1.29, 1.82) is 0 Å². The molecule has 2 rings (SSSR count). The average molecular weight is 353 g/mol. The van der Waals surface area contributed by atoms with Crippen LogP contribution in [-0.4, -0.2) is 11.5 Å². The van der Waals surface area contributed by atoms with Crippen molar-refractivity contribution in [3.8, 4) is 0 Å². The van der Waals surface area contributed by atoms with Crippen LogP contribution in [-0.2, 0) is 6.42 Å². The van der Waals surface area contributed by atoms with Crippen molar-refractivity contribution in [2.45, 2.75) is 40.2 Å². The van der Waals surface area contributed by atoms with Crippen molar-refractivity contribution < 1.29 is 0 Å². The van der Waals surface area contributed by atoms with Crippen LogP contribution in [0.1, 0.15) is 39.7 Å². The second-order valence-electron chi connectivity index (χ2n) is 5.06. The molecule has 0 bridgehead atoms. The molecular weight excluding hydrogens is 332 g/mol. The number of halogens is 1. The van der Waals surface area contributed by atoms with Crippen LogP contribution in [0.4, 0.5) is 0 Å². The van der Waals surface area contributed by atoms with Gasteiger partial charge in [-0.3, -0.25) is 0 Å². The summed E-state index contributed by atoms with van der Waals surface area (Å²) in [6.07, 6.45) is 0.954. The number of thiazole rings is 1. The standard InChI is InChI=1S/C16H21BrN2S/c1-5-18-15(9-16-19-11(3)12(4)20-16)14-7-6-13(17)8-10(14)2/h6-8,15,18H,5,9H2,1-4H3. The zero-order chi connectivity index (χ0) is 14.7. The molecule has 20 heavy (non-hydrogen) atoms. The van der Waals surface area contributed by atoms with Crippen molar-refractivity contribution in [2.75, 3.05) is 6.54 Å². The molecule has 0 aliphatic heterocycles. The van der Waals surface area contributed by atoms with Gasteiger partial charge in [0.05, 0.1) is 10.7 Å². The van der Waals surface area contributed by atoms with E-state index in [-0.39, 0.29) is 0 Å². The summed E-state index contributed by atoms with van der Waals surface area (Å²) < 4.78 is 1.13. The first kappa shape index (κ1) is 15.7. The molecule has 1 aromatic carbocycles. The van der Waals surface area contributed by atoms with E-state index >= 15 is 0 Å². The number of hydrogen-bond donors (Lipinski definition) is 1. The summed E-state index contributed by atoms with van der Waals surface area (Å²) in [7, 11) is 0. The van der Waals surface area contributed by atoms with Crippen LogP contribution in [0.15, 0.2) is 22.7 Å². The van der Waals surface area contributed by atoms with Gasteiger partial charge in [0.25, 0.3) is 0 Å². The highest BCUT2D eigenvalue weighted by molar-refractivity contribution is 9.10. The van der Waals surface area contributed by atoms with E-state index in [1.807, 2.05) is 11.3 Å². The molecule has 0 saturated heterocycles. The van der Waals surface area contributed by atoms with Gasteiger partial charge in [0.1, 0.15) is 0 Å². The summed E-state index contributed by atoms with van der Waals surface area (Å²) in [6, 6.07) is 6.83. The van der Waals surface area contributed by atoms with Crippen molar-refractivity contribution >= 4 is 27.3 Å². The number of nitrogens with one attached hydrogen (secondary N) is 1. The molecule has 1 unspecified atom stereocenters. The second-order valence-corrected chi connectivity index (χ2v) is 7.27. The van der Waals surface area contributed by atoms with Crippen LogP contribution in [0.3, 0.4) is 0 Å². The third kappa shape index (κ3) is 3.68. The first-order valence-electron chi connectivity index (χ1n) is 6.93. The minimum Gasteiger partial charge on any atom is -0.310 e. The molecule has 0 fully saturated rings. The van der Waals surface area contributed by atoms with E-state index in [1.54, 1.807) is 0 Å². The van der Waals surface area contributed by atoms with Crippen LogP contribution in [0.25, 0.3) is 0 Å². The fourth-order valence-electron chi connectivity index (χ4n) is 2.37. The molecule has 0 aliphatic rings. The van der Waals surface area contributed by atoms with Crippen LogP contribution in [0.5, 0.6) is 0 Å². The number of rotatable bonds is 5. The highest BCUT2D eigenvalue weighted by atomic mass is 79.9. The van der Waals surface area contributed by atoms with Crippen molar-refractivity contribution in [2.24, 2.45) is 0 Å². The van der Waals surface area contributed by atoms with Crippen molar-refractivity contribution in [1.82, 2.24) is 10.3 Å². The average Bonchev–Trinajstić information content (AvgIpc) is 2.68. The maximum absolute atomic E-state index is 4.67. The molecule has 1 aromatic heterocycles. The number of nitrogens with zero attached hydrogens (tertiary/aromatic N) is 1. The lowest BCUT2D eigenvalue weighted by Gasteiger charge is -2.19. The number of likely N-dealkylation sites (N-methyl/N-ethyl adjacent to an activating group) is 1. The minimum absolute atomic E-state index is 0.332. The van der Waals surface area contributed by atoms with Gasteiger partial charge in [0.15, 0.2) is 0 Å². The Morgan fingerprint density at radius 3 is 2.60 bits per heavy atom. The third-order valence-electron chi connectivity index (χ3n) is 3.51. The summed E-state index contributed by atoms with van der Waals surface area (Å²) in [5.41, 5.74) is 3.84. The molecule has 2 nitrogen and oxygen atoms in total. The van der Waals surface area contributed by atoms with Gasteiger partial charge < -0.3 is 5.32 Å². The molecular formula is C16H21BrN2S. The molecule has 0 amide bonds. The van der Waals surface area contributed by atoms with E-state index in [4.69, 9.17) is 0 Å². The maximum atomic E-state index is 4.67. The molecule has 0 saturated carbocycles.